The Bertz CT molecular complexity index is 395. The highest BCUT2D eigenvalue weighted by Crippen LogP contribution is 2.19. The van der Waals surface area contributed by atoms with E-state index in [1.165, 1.54) is 6.07 Å². The van der Waals surface area contributed by atoms with E-state index in [2.05, 4.69) is 0 Å². The SMILES string of the molecule is Cc1cc(C)c(C(=O)CC(C)(C)N)c(F)c1. The lowest BCUT2D eigenvalue weighted by Crippen LogP contribution is -2.35. The van der Waals surface area contributed by atoms with Crippen LogP contribution in [0.3, 0.4) is 0 Å². The Hall–Kier alpha value is -1.22. The van der Waals surface area contributed by atoms with Gasteiger partial charge in [-0.15, -0.1) is 0 Å². The zero-order valence-corrected chi connectivity index (χ0v) is 10.2. The normalized spacial score (nSPS) is 11.6. The second-order valence-corrected chi connectivity index (χ2v) is 5.03. The predicted octanol–water partition coefficient (Wildman–Crippen LogP) is 2.75. The molecule has 1 rings (SSSR count). The van der Waals surface area contributed by atoms with Crippen molar-refractivity contribution in [1.29, 1.82) is 0 Å². The fraction of sp³-hybridized carbons (Fsp3) is 0.462. The molecule has 16 heavy (non-hydrogen) atoms. The summed E-state index contributed by atoms with van der Waals surface area (Å²) in [7, 11) is 0. The molecule has 0 saturated carbocycles. The van der Waals surface area contributed by atoms with Gasteiger partial charge in [0.05, 0.1) is 5.56 Å². The third-order valence-electron chi connectivity index (χ3n) is 2.33. The Morgan fingerprint density at radius 1 is 1.38 bits per heavy atom. The highest BCUT2D eigenvalue weighted by Gasteiger charge is 2.21. The van der Waals surface area contributed by atoms with Crippen molar-refractivity contribution < 1.29 is 9.18 Å². The van der Waals surface area contributed by atoms with Crippen LogP contribution in [-0.4, -0.2) is 11.3 Å². The predicted molar refractivity (Wildman–Crippen MR) is 63.1 cm³/mol. The average molecular weight is 223 g/mol. The van der Waals surface area contributed by atoms with Crippen LogP contribution < -0.4 is 5.73 Å². The van der Waals surface area contributed by atoms with Crippen LogP contribution in [0, 0.1) is 19.7 Å². The van der Waals surface area contributed by atoms with Gasteiger partial charge in [-0.1, -0.05) is 6.07 Å². The van der Waals surface area contributed by atoms with Crippen molar-refractivity contribution >= 4 is 5.78 Å². The van der Waals surface area contributed by atoms with Crippen LogP contribution >= 0.6 is 0 Å². The smallest absolute Gasteiger partial charge is 0.167 e. The summed E-state index contributed by atoms with van der Waals surface area (Å²) in [5, 5.41) is 0. The molecule has 0 bridgehead atoms. The molecule has 0 saturated heterocycles. The maximum absolute atomic E-state index is 13.7. The van der Waals surface area contributed by atoms with E-state index in [4.69, 9.17) is 5.73 Å². The average Bonchev–Trinajstić information content (AvgIpc) is 1.96. The largest absolute Gasteiger partial charge is 0.325 e. The van der Waals surface area contributed by atoms with E-state index in [0.29, 0.717) is 5.56 Å². The van der Waals surface area contributed by atoms with Gasteiger partial charge >= 0.3 is 0 Å². The maximum atomic E-state index is 13.7. The number of carbonyl (C=O) groups excluding carboxylic acids is 1. The number of carbonyl (C=O) groups is 1. The molecule has 1 aromatic rings. The molecule has 0 spiro atoms. The molecule has 0 aliphatic heterocycles. The quantitative estimate of drug-likeness (QED) is 0.801. The number of hydrogen-bond acceptors (Lipinski definition) is 2. The first-order valence-corrected chi connectivity index (χ1v) is 5.29. The van der Waals surface area contributed by atoms with Gasteiger partial charge in [0.2, 0.25) is 0 Å². The molecule has 2 N–H and O–H groups in total. The summed E-state index contributed by atoms with van der Waals surface area (Å²) in [4.78, 5) is 11.9. The van der Waals surface area contributed by atoms with Crippen LogP contribution in [0.1, 0.15) is 41.8 Å². The standard InChI is InChI=1S/C13H18FNO/c1-8-5-9(2)12(10(14)6-8)11(16)7-13(3,4)15/h5-6H,7,15H2,1-4H3. The second-order valence-electron chi connectivity index (χ2n) is 5.03. The maximum Gasteiger partial charge on any atom is 0.167 e. The van der Waals surface area contributed by atoms with Gasteiger partial charge in [-0.25, -0.2) is 4.39 Å². The van der Waals surface area contributed by atoms with Gasteiger partial charge in [-0.3, -0.25) is 4.79 Å². The van der Waals surface area contributed by atoms with Crippen molar-refractivity contribution in [2.75, 3.05) is 0 Å². The van der Waals surface area contributed by atoms with Crippen molar-refractivity contribution in [3.63, 3.8) is 0 Å². The first kappa shape index (κ1) is 12.8. The van der Waals surface area contributed by atoms with Gasteiger partial charge in [-0.2, -0.15) is 0 Å². The number of halogens is 1. The molecule has 1 aromatic carbocycles. The minimum absolute atomic E-state index is 0.147. The van der Waals surface area contributed by atoms with E-state index < -0.39 is 11.4 Å². The Kier molecular flexibility index (Phi) is 3.48. The summed E-state index contributed by atoms with van der Waals surface area (Å²) in [6.07, 6.45) is 0.147. The molecule has 0 radical (unpaired) electrons. The minimum atomic E-state index is -0.610. The Balaban J connectivity index is 3.10. The fourth-order valence-electron chi connectivity index (χ4n) is 1.77. The third kappa shape index (κ3) is 3.14. The van der Waals surface area contributed by atoms with Crippen LogP contribution in [0.15, 0.2) is 12.1 Å². The fourth-order valence-corrected chi connectivity index (χ4v) is 1.77. The molecule has 88 valence electrons. The highest BCUT2D eigenvalue weighted by atomic mass is 19.1. The van der Waals surface area contributed by atoms with Gasteiger partial charge in [0.25, 0.3) is 0 Å². The molecule has 0 fully saturated rings. The van der Waals surface area contributed by atoms with Crippen molar-refractivity contribution in [1.82, 2.24) is 0 Å². The zero-order chi connectivity index (χ0) is 12.5. The van der Waals surface area contributed by atoms with E-state index in [1.807, 2.05) is 0 Å². The summed E-state index contributed by atoms with van der Waals surface area (Å²) < 4.78 is 13.7. The summed E-state index contributed by atoms with van der Waals surface area (Å²) in [6.45, 7) is 7.06. The van der Waals surface area contributed by atoms with E-state index >= 15 is 0 Å². The number of benzene rings is 1. The second kappa shape index (κ2) is 4.34. The molecule has 0 unspecified atom stereocenters. The highest BCUT2D eigenvalue weighted by molar-refractivity contribution is 5.98. The Labute approximate surface area is 95.7 Å². The van der Waals surface area contributed by atoms with Gasteiger partial charge in [0, 0.05) is 12.0 Å². The third-order valence-corrected chi connectivity index (χ3v) is 2.33. The van der Waals surface area contributed by atoms with E-state index in [-0.39, 0.29) is 17.8 Å². The number of hydrogen-bond donors (Lipinski definition) is 1. The lowest BCUT2D eigenvalue weighted by molar-refractivity contribution is 0.0955. The molecular formula is C13H18FNO. The summed E-state index contributed by atoms with van der Waals surface area (Å²) in [5.41, 5.74) is 6.81. The van der Waals surface area contributed by atoms with Crippen LogP contribution in [0.5, 0.6) is 0 Å². The van der Waals surface area contributed by atoms with Crippen LogP contribution in [0.2, 0.25) is 0 Å². The van der Waals surface area contributed by atoms with Crippen molar-refractivity contribution in [2.24, 2.45) is 5.73 Å². The van der Waals surface area contributed by atoms with E-state index in [1.54, 1.807) is 33.8 Å². The number of Topliss-reactive ketones (excluding diaryl/α,β-unsaturated/α-hetero) is 1. The lowest BCUT2D eigenvalue weighted by Gasteiger charge is -2.18. The monoisotopic (exact) mass is 223 g/mol. The molecule has 0 atom stereocenters. The summed E-state index contributed by atoms with van der Waals surface area (Å²) >= 11 is 0. The molecular weight excluding hydrogens is 205 g/mol. The molecule has 3 heteroatoms. The number of ketones is 1. The number of nitrogens with two attached hydrogens (primary N) is 1. The Morgan fingerprint density at radius 2 is 1.94 bits per heavy atom. The zero-order valence-electron chi connectivity index (χ0n) is 10.2. The minimum Gasteiger partial charge on any atom is -0.325 e. The van der Waals surface area contributed by atoms with Gasteiger partial charge < -0.3 is 5.73 Å². The number of aryl methyl sites for hydroxylation is 2. The summed E-state index contributed by atoms with van der Waals surface area (Å²) in [6, 6.07) is 3.18. The van der Waals surface area contributed by atoms with Crippen LogP contribution in [0.4, 0.5) is 4.39 Å². The van der Waals surface area contributed by atoms with E-state index in [0.717, 1.165) is 5.56 Å². The van der Waals surface area contributed by atoms with Crippen LogP contribution in [-0.2, 0) is 0 Å². The first-order chi connectivity index (χ1) is 7.20. The molecule has 0 heterocycles. The molecule has 0 aliphatic carbocycles. The van der Waals surface area contributed by atoms with E-state index in [9.17, 15) is 9.18 Å². The molecule has 0 amide bonds. The van der Waals surface area contributed by atoms with Gasteiger partial charge in [0.15, 0.2) is 5.78 Å². The van der Waals surface area contributed by atoms with Crippen molar-refractivity contribution in [3.8, 4) is 0 Å². The number of rotatable bonds is 3. The topological polar surface area (TPSA) is 43.1 Å². The van der Waals surface area contributed by atoms with Gasteiger partial charge in [0.1, 0.15) is 5.82 Å². The molecule has 0 aliphatic rings. The van der Waals surface area contributed by atoms with Crippen molar-refractivity contribution in [2.45, 2.75) is 39.7 Å². The Morgan fingerprint density at radius 3 is 2.38 bits per heavy atom. The molecule has 0 aromatic heterocycles. The van der Waals surface area contributed by atoms with Crippen molar-refractivity contribution in [3.05, 3.63) is 34.6 Å². The molecule has 2 nitrogen and oxygen atoms in total. The lowest BCUT2D eigenvalue weighted by atomic mass is 9.92. The van der Waals surface area contributed by atoms with Crippen LogP contribution in [0.25, 0.3) is 0 Å². The van der Waals surface area contributed by atoms with Gasteiger partial charge in [-0.05, 0) is 44.9 Å². The first-order valence-electron chi connectivity index (χ1n) is 5.29. The summed E-state index contributed by atoms with van der Waals surface area (Å²) in [5.74, 6) is -0.686.